The predicted octanol–water partition coefficient (Wildman–Crippen LogP) is 3.27. The molecule has 1 saturated heterocycles. The van der Waals surface area contributed by atoms with E-state index in [1.54, 1.807) is 18.2 Å². The Morgan fingerprint density at radius 3 is 2.62 bits per heavy atom. The maximum Gasteiger partial charge on any atom is 0.232 e. The molecule has 2 unspecified atom stereocenters. The quantitative estimate of drug-likeness (QED) is 0.724. The van der Waals surface area contributed by atoms with Gasteiger partial charge in [0.25, 0.3) is 0 Å². The zero-order chi connectivity index (χ0) is 20.4. The highest BCUT2D eigenvalue weighted by Gasteiger charge is 2.41. The van der Waals surface area contributed by atoms with Crippen molar-refractivity contribution < 1.29 is 14.3 Å². The smallest absolute Gasteiger partial charge is 0.232 e. The topological polar surface area (TPSA) is 62.7 Å². The Morgan fingerprint density at radius 1 is 1.24 bits per heavy atom. The molecular formula is C23H27N3O3. The number of pyridine rings is 1. The molecule has 2 fully saturated rings. The lowest BCUT2D eigenvalue weighted by molar-refractivity contribution is -0.129. The van der Waals surface area contributed by atoms with E-state index in [2.05, 4.69) is 11.9 Å². The van der Waals surface area contributed by atoms with Crippen LogP contribution in [0.15, 0.2) is 48.7 Å². The standard InChI is InChI=1S/C23H27N3O3/c1-16(17-6-7-17)26(20-8-10-21(29-2)11-9-20)23(28)18-13-22(27)25(14-18)15-19-5-3-4-12-24-19/h3-5,8-12,16-18H,6-7,13-15H2,1-2H3. The number of ether oxygens (including phenoxy) is 1. The van der Waals surface area contributed by atoms with E-state index in [-0.39, 0.29) is 30.2 Å². The molecule has 0 spiro atoms. The molecule has 2 amide bonds. The van der Waals surface area contributed by atoms with Crippen LogP contribution in [-0.2, 0) is 16.1 Å². The molecule has 2 aliphatic rings. The molecule has 4 rings (SSSR count). The summed E-state index contributed by atoms with van der Waals surface area (Å²) in [4.78, 5) is 34.0. The molecule has 0 radical (unpaired) electrons. The number of hydrogen-bond acceptors (Lipinski definition) is 4. The van der Waals surface area contributed by atoms with Gasteiger partial charge in [-0.15, -0.1) is 0 Å². The summed E-state index contributed by atoms with van der Waals surface area (Å²) in [5.41, 5.74) is 1.71. The second-order valence-electron chi connectivity index (χ2n) is 7.98. The lowest BCUT2D eigenvalue weighted by Crippen LogP contribution is -2.44. The summed E-state index contributed by atoms with van der Waals surface area (Å²) in [5.74, 6) is 1.02. The number of likely N-dealkylation sites (tertiary alicyclic amines) is 1. The fourth-order valence-electron chi connectivity index (χ4n) is 4.07. The summed E-state index contributed by atoms with van der Waals surface area (Å²) < 4.78 is 5.25. The van der Waals surface area contributed by atoms with Crippen molar-refractivity contribution in [2.45, 2.75) is 38.8 Å². The molecule has 1 aliphatic heterocycles. The van der Waals surface area contributed by atoms with Gasteiger partial charge in [-0.3, -0.25) is 14.6 Å². The minimum absolute atomic E-state index is 0.0164. The number of hydrogen-bond donors (Lipinski definition) is 0. The molecule has 6 heteroatoms. The fraction of sp³-hybridized carbons (Fsp3) is 0.435. The van der Waals surface area contributed by atoms with E-state index in [0.29, 0.717) is 19.0 Å². The average molecular weight is 393 g/mol. The second-order valence-corrected chi connectivity index (χ2v) is 7.98. The summed E-state index contributed by atoms with van der Waals surface area (Å²) in [6, 6.07) is 13.4. The van der Waals surface area contributed by atoms with Crippen LogP contribution >= 0.6 is 0 Å². The molecule has 2 aromatic rings. The first-order valence-electron chi connectivity index (χ1n) is 10.2. The van der Waals surface area contributed by atoms with Crippen LogP contribution in [0.25, 0.3) is 0 Å². The number of carbonyl (C=O) groups is 2. The third kappa shape index (κ3) is 4.26. The zero-order valence-electron chi connectivity index (χ0n) is 17.0. The minimum Gasteiger partial charge on any atom is -0.497 e. The van der Waals surface area contributed by atoms with Crippen molar-refractivity contribution in [2.75, 3.05) is 18.6 Å². The number of rotatable bonds is 7. The number of methoxy groups -OCH3 is 1. The van der Waals surface area contributed by atoms with Crippen LogP contribution in [0.4, 0.5) is 5.69 Å². The van der Waals surface area contributed by atoms with Gasteiger partial charge in [0.1, 0.15) is 5.75 Å². The van der Waals surface area contributed by atoms with Crippen molar-refractivity contribution in [1.29, 1.82) is 0 Å². The molecular weight excluding hydrogens is 366 g/mol. The van der Waals surface area contributed by atoms with Crippen LogP contribution in [-0.4, -0.2) is 41.4 Å². The molecule has 2 heterocycles. The van der Waals surface area contributed by atoms with Gasteiger partial charge in [0.2, 0.25) is 11.8 Å². The summed E-state index contributed by atoms with van der Waals surface area (Å²) >= 11 is 0. The van der Waals surface area contributed by atoms with E-state index in [4.69, 9.17) is 4.74 Å². The van der Waals surface area contributed by atoms with Crippen LogP contribution in [0.1, 0.15) is 31.9 Å². The molecule has 0 bridgehead atoms. The van der Waals surface area contributed by atoms with E-state index in [9.17, 15) is 9.59 Å². The lowest BCUT2D eigenvalue weighted by atomic mass is 10.0. The summed E-state index contributed by atoms with van der Waals surface area (Å²) in [7, 11) is 1.63. The Morgan fingerprint density at radius 2 is 2.00 bits per heavy atom. The highest BCUT2D eigenvalue weighted by Crippen LogP contribution is 2.38. The van der Waals surface area contributed by atoms with Crippen LogP contribution in [0.2, 0.25) is 0 Å². The molecule has 1 aliphatic carbocycles. The number of anilines is 1. The number of amides is 2. The van der Waals surface area contributed by atoms with Crippen molar-refractivity contribution in [3.63, 3.8) is 0 Å². The summed E-state index contributed by atoms with van der Waals surface area (Å²) in [6.45, 7) is 3.00. The maximum absolute atomic E-state index is 13.5. The Balaban J connectivity index is 1.52. The molecule has 1 aromatic heterocycles. The van der Waals surface area contributed by atoms with Gasteiger partial charge in [0.05, 0.1) is 25.3 Å². The number of benzene rings is 1. The van der Waals surface area contributed by atoms with Gasteiger partial charge in [0.15, 0.2) is 0 Å². The van der Waals surface area contributed by atoms with Crippen molar-refractivity contribution in [2.24, 2.45) is 11.8 Å². The third-order valence-corrected chi connectivity index (χ3v) is 5.94. The number of carbonyl (C=O) groups excluding carboxylic acids is 2. The molecule has 1 saturated carbocycles. The molecule has 0 N–H and O–H groups in total. The van der Waals surface area contributed by atoms with Gasteiger partial charge in [-0.2, -0.15) is 0 Å². The van der Waals surface area contributed by atoms with E-state index in [1.807, 2.05) is 47.4 Å². The van der Waals surface area contributed by atoms with Crippen LogP contribution in [0.5, 0.6) is 5.75 Å². The summed E-state index contributed by atoms with van der Waals surface area (Å²) in [6.07, 6.45) is 4.28. The highest BCUT2D eigenvalue weighted by atomic mass is 16.5. The van der Waals surface area contributed by atoms with E-state index >= 15 is 0 Å². The average Bonchev–Trinajstić information content (AvgIpc) is 3.53. The minimum atomic E-state index is -0.325. The van der Waals surface area contributed by atoms with Crippen molar-refractivity contribution in [3.8, 4) is 5.75 Å². The largest absolute Gasteiger partial charge is 0.497 e. The van der Waals surface area contributed by atoms with E-state index < -0.39 is 0 Å². The predicted molar refractivity (Wildman–Crippen MR) is 110 cm³/mol. The van der Waals surface area contributed by atoms with Gasteiger partial charge >= 0.3 is 0 Å². The van der Waals surface area contributed by atoms with Gasteiger partial charge in [-0.05, 0) is 62.1 Å². The van der Waals surface area contributed by atoms with Crippen LogP contribution in [0, 0.1) is 11.8 Å². The SMILES string of the molecule is COc1ccc(N(C(=O)C2CC(=O)N(Cc3ccccn3)C2)C(C)C2CC2)cc1. The Kier molecular flexibility index (Phi) is 5.51. The fourth-order valence-corrected chi connectivity index (χ4v) is 4.07. The van der Waals surface area contributed by atoms with E-state index in [0.717, 1.165) is 30.0 Å². The van der Waals surface area contributed by atoms with Gasteiger partial charge < -0.3 is 14.5 Å². The van der Waals surface area contributed by atoms with Gasteiger partial charge in [-0.1, -0.05) is 6.07 Å². The second kappa shape index (κ2) is 8.23. The Hall–Kier alpha value is -2.89. The van der Waals surface area contributed by atoms with E-state index in [1.165, 1.54) is 0 Å². The normalized spacial score (nSPS) is 19.9. The first-order chi connectivity index (χ1) is 14.1. The first kappa shape index (κ1) is 19.4. The van der Waals surface area contributed by atoms with Crippen molar-refractivity contribution >= 4 is 17.5 Å². The first-order valence-corrected chi connectivity index (χ1v) is 10.2. The number of nitrogens with zero attached hydrogens (tertiary/aromatic N) is 3. The van der Waals surface area contributed by atoms with Crippen LogP contribution in [0.3, 0.4) is 0 Å². The van der Waals surface area contributed by atoms with Crippen molar-refractivity contribution in [3.05, 3.63) is 54.4 Å². The molecule has 6 nitrogen and oxygen atoms in total. The molecule has 1 aromatic carbocycles. The lowest BCUT2D eigenvalue weighted by Gasteiger charge is -2.32. The molecule has 29 heavy (non-hydrogen) atoms. The molecule has 2 atom stereocenters. The Labute approximate surface area is 171 Å². The highest BCUT2D eigenvalue weighted by molar-refractivity contribution is 5.99. The Bertz CT molecular complexity index is 865. The van der Waals surface area contributed by atoms with Gasteiger partial charge in [-0.25, -0.2) is 0 Å². The van der Waals surface area contributed by atoms with Gasteiger partial charge in [0, 0.05) is 30.9 Å². The number of aromatic nitrogens is 1. The molecule has 152 valence electrons. The monoisotopic (exact) mass is 393 g/mol. The third-order valence-electron chi connectivity index (χ3n) is 5.94. The zero-order valence-corrected chi connectivity index (χ0v) is 17.0. The maximum atomic E-state index is 13.5. The summed E-state index contributed by atoms with van der Waals surface area (Å²) in [5, 5.41) is 0. The van der Waals surface area contributed by atoms with Crippen LogP contribution < -0.4 is 9.64 Å². The van der Waals surface area contributed by atoms with Crippen molar-refractivity contribution in [1.82, 2.24) is 9.88 Å².